The van der Waals surface area contributed by atoms with Crippen LogP contribution in [0.4, 0.5) is 14.6 Å². The van der Waals surface area contributed by atoms with Crippen molar-refractivity contribution in [3.05, 3.63) is 71.9 Å². The number of amides is 1. The molecule has 2 N–H and O–H groups in total. The second-order valence-electron chi connectivity index (χ2n) is 8.06. The maximum absolute atomic E-state index is 13.5. The molecule has 3 heterocycles. The van der Waals surface area contributed by atoms with Gasteiger partial charge in [0, 0.05) is 12.3 Å². The number of nitrogens with one attached hydrogen (secondary N) is 1. The predicted octanol–water partition coefficient (Wildman–Crippen LogP) is 2.86. The van der Waals surface area contributed by atoms with Gasteiger partial charge in [0.05, 0.1) is 23.1 Å². The second kappa shape index (κ2) is 7.20. The van der Waals surface area contributed by atoms with Gasteiger partial charge in [-0.3, -0.25) is 9.78 Å². The summed E-state index contributed by atoms with van der Waals surface area (Å²) in [6.45, 7) is 0. The lowest BCUT2D eigenvalue weighted by Gasteiger charge is -2.39. The van der Waals surface area contributed by atoms with E-state index in [-0.39, 0.29) is 37.2 Å². The quantitative estimate of drug-likeness (QED) is 0.607. The average molecular weight is 440 g/mol. The van der Waals surface area contributed by atoms with Gasteiger partial charge in [0.25, 0.3) is 5.91 Å². The zero-order valence-corrected chi connectivity index (χ0v) is 16.7. The third-order valence-electron chi connectivity index (χ3n) is 6.02. The number of carbonyl (C=O) groups is 2. The molecule has 0 radical (unpaired) electrons. The molecule has 1 aromatic carbocycles. The van der Waals surface area contributed by atoms with Gasteiger partial charge in [-0.25, -0.2) is 18.6 Å². The topological polar surface area (TPSA) is 106 Å². The maximum atomic E-state index is 13.5. The first-order valence-electron chi connectivity index (χ1n) is 10.0. The third kappa shape index (κ3) is 3.32. The lowest BCUT2D eigenvalue weighted by atomic mass is 9.74. The van der Waals surface area contributed by atoms with Gasteiger partial charge in [0.1, 0.15) is 23.6 Å². The molecule has 2 aromatic heterocycles. The number of benzene rings is 1. The first-order valence-corrected chi connectivity index (χ1v) is 10.0. The lowest BCUT2D eigenvalue weighted by Crippen LogP contribution is -2.49. The van der Waals surface area contributed by atoms with Crippen molar-refractivity contribution >= 4 is 17.7 Å². The molecule has 10 heteroatoms. The van der Waals surface area contributed by atoms with Gasteiger partial charge in [0.15, 0.2) is 11.4 Å². The van der Waals surface area contributed by atoms with Gasteiger partial charge >= 0.3 is 5.97 Å². The molecule has 0 atom stereocenters. The molecule has 32 heavy (non-hydrogen) atoms. The number of imidazole rings is 1. The Balaban J connectivity index is 1.29. The van der Waals surface area contributed by atoms with Crippen LogP contribution in [0, 0.1) is 11.6 Å². The molecule has 1 saturated carbocycles. The van der Waals surface area contributed by atoms with E-state index in [9.17, 15) is 23.5 Å². The Morgan fingerprint density at radius 1 is 1.12 bits per heavy atom. The summed E-state index contributed by atoms with van der Waals surface area (Å²) >= 11 is 0. The van der Waals surface area contributed by atoms with Crippen molar-refractivity contribution in [3.63, 3.8) is 0 Å². The van der Waals surface area contributed by atoms with Gasteiger partial charge in [-0.1, -0.05) is 0 Å². The van der Waals surface area contributed by atoms with Crippen molar-refractivity contribution in [3.8, 4) is 5.69 Å². The average Bonchev–Trinajstić information content (AvgIpc) is 3.33. The summed E-state index contributed by atoms with van der Waals surface area (Å²) in [4.78, 5) is 33.3. The Morgan fingerprint density at radius 3 is 2.56 bits per heavy atom. The van der Waals surface area contributed by atoms with Gasteiger partial charge in [-0.2, -0.15) is 0 Å². The van der Waals surface area contributed by atoms with Gasteiger partial charge in [-0.15, -0.1) is 0 Å². The Morgan fingerprint density at radius 2 is 1.84 bits per heavy atom. The minimum Gasteiger partial charge on any atom is -0.449 e. The number of aliphatic hydroxyl groups is 1. The number of fused-ring (bicyclic) bond motifs is 2. The number of esters is 1. The summed E-state index contributed by atoms with van der Waals surface area (Å²) in [5.41, 5.74) is -1.49. The van der Waals surface area contributed by atoms with Crippen molar-refractivity contribution in [2.75, 3.05) is 5.32 Å². The summed E-state index contributed by atoms with van der Waals surface area (Å²) in [5, 5.41) is 13.5. The summed E-state index contributed by atoms with van der Waals surface area (Å²) in [6, 6.07) is 6.30. The molecule has 1 amide bonds. The minimum atomic E-state index is -1.69. The van der Waals surface area contributed by atoms with E-state index in [2.05, 4.69) is 15.3 Å². The fraction of sp³-hybridized carbons (Fsp3) is 0.273. The number of aromatic nitrogens is 3. The Labute approximate surface area is 180 Å². The zero-order chi connectivity index (χ0) is 22.5. The Bertz CT molecular complexity index is 1210. The Hall–Kier alpha value is -3.66. The van der Waals surface area contributed by atoms with Crippen molar-refractivity contribution in [2.24, 2.45) is 0 Å². The van der Waals surface area contributed by atoms with E-state index < -0.39 is 34.7 Å². The number of hydrogen-bond acceptors (Lipinski definition) is 6. The van der Waals surface area contributed by atoms with E-state index in [1.54, 1.807) is 18.3 Å². The second-order valence-corrected chi connectivity index (χ2v) is 8.06. The van der Waals surface area contributed by atoms with Crippen molar-refractivity contribution in [1.82, 2.24) is 14.5 Å². The number of nitrogens with zero attached hydrogens (tertiary/aromatic N) is 3. The molecule has 3 aromatic rings. The van der Waals surface area contributed by atoms with Gasteiger partial charge < -0.3 is 19.7 Å². The van der Waals surface area contributed by atoms with Crippen LogP contribution in [0.1, 0.15) is 41.7 Å². The molecule has 1 aliphatic heterocycles. The first-order chi connectivity index (χ1) is 15.3. The van der Waals surface area contributed by atoms with Gasteiger partial charge in [-0.05, 0) is 49.9 Å². The number of rotatable bonds is 3. The minimum absolute atomic E-state index is 0.0535. The summed E-state index contributed by atoms with van der Waals surface area (Å²) < 4.78 is 33.9. The molecule has 8 nitrogen and oxygen atoms in total. The number of anilines is 1. The van der Waals surface area contributed by atoms with Crippen LogP contribution in [0.25, 0.3) is 5.69 Å². The molecule has 0 unspecified atom stereocenters. The number of hydrogen-bond donors (Lipinski definition) is 2. The van der Waals surface area contributed by atoms with E-state index in [1.807, 2.05) is 0 Å². The van der Waals surface area contributed by atoms with Crippen LogP contribution in [0.2, 0.25) is 0 Å². The fourth-order valence-corrected chi connectivity index (χ4v) is 4.30. The standard InChI is InChI=1S/C22H18F2N4O4/c23-13-8-14(24)10-15(9-13)28-11-17(26-12-28)27-20(30)21(31)3-5-22(6-4-21)18-16(19(29)32-22)2-1-7-25-18/h1-2,7-12,31H,3-6H2,(H,27,30). The smallest absolute Gasteiger partial charge is 0.341 e. The number of halogens is 2. The summed E-state index contributed by atoms with van der Waals surface area (Å²) in [6.07, 6.45) is 4.85. The third-order valence-corrected chi connectivity index (χ3v) is 6.02. The van der Waals surface area contributed by atoms with Crippen LogP contribution < -0.4 is 5.32 Å². The van der Waals surface area contributed by atoms with E-state index in [1.165, 1.54) is 17.1 Å². The number of carbonyl (C=O) groups excluding carboxylic acids is 2. The van der Waals surface area contributed by atoms with Crippen molar-refractivity contribution < 1.29 is 28.2 Å². The molecule has 164 valence electrons. The van der Waals surface area contributed by atoms with E-state index >= 15 is 0 Å². The zero-order valence-electron chi connectivity index (χ0n) is 16.7. The van der Waals surface area contributed by atoms with Crippen LogP contribution in [0.3, 0.4) is 0 Å². The summed E-state index contributed by atoms with van der Waals surface area (Å²) in [7, 11) is 0. The van der Waals surface area contributed by atoms with Crippen LogP contribution in [-0.4, -0.2) is 37.1 Å². The predicted molar refractivity (Wildman–Crippen MR) is 107 cm³/mol. The number of pyridine rings is 1. The highest BCUT2D eigenvalue weighted by Gasteiger charge is 2.53. The van der Waals surface area contributed by atoms with E-state index in [4.69, 9.17) is 4.74 Å². The molecule has 1 aliphatic carbocycles. The van der Waals surface area contributed by atoms with Crippen molar-refractivity contribution in [1.29, 1.82) is 0 Å². The van der Waals surface area contributed by atoms with Gasteiger partial charge in [0.2, 0.25) is 0 Å². The number of ether oxygens (including phenoxy) is 1. The Kier molecular flexibility index (Phi) is 4.55. The molecular weight excluding hydrogens is 422 g/mol. The van der Waals surface area contributed by atoms with Crippen LogP contribution in [0.5, 0.6) is 0 Å². The highest BCUT2D eigenvalue weighted by molar-refractivity contribution is 5.97. The van der Waals surface area contributed by atoms with Crippen LogP contribution in [-0.2, 0) is 15.1 Å². The summed E-state index contributed by atoms with van der Waals surface area (Å²) in [5.74, 6) is -2.48. The maximum Gasteiger partial charge on any atom is 0.341 e. The highest BCUT2D eigenvalue weighted by atomic mass is 19.1. The normalized spacial score (nSPS) is 24.3. The molecular formula is C22H18F2N4O4. The molecule has 0 saturated heterocycles. The molecule has 0 bridgehead atoms. The highest BCUT2D eigenvalue weighted by Crippen LogP contribution is 2.48. The fourth-order valence-electron chi connectivity index (χ4n) is 4.30. The van der Waals surface area contributed by atoms with E-state index in [0.29, 0.717) is 11.3 Å². The largest absolute Gasteiger partial charge is 0.449 e. The molecule has 1 spiro atoms. The lowest BCUT2D eigenvalue weighted by molar-refractivity contribution is -0.144. The molecule has 2 aliphatic rings. The first kappa shape index (κ1) is 20.3. The SMILES string of the molecule is O=C1OC2(CCC(O)(C(=O)Nc3cn(-c4cc(F)cc(F)c4)cn3)CC2)c2ncccc21. The molecule has 5 rings (SSSR count). The van der Waals surface area contributed by atoms with E-state index in [0.717, 1.165) is 18.2 Å². The monoisotopic (exact) mass is 440 g/mol. The van der Waals surface area contributed by atoms with Crippen molar-refractivity contribution in [2.45, 2.75) is 36.9 Å². The molecule has 1 fully saturated rings. The van der Waals surface area contributed by atoms with Crippen LogP contribution >= 0.6 is 0 Å². The van der Waals surface area contributed by atoms with Crippen LogP contribution in [0.15, 0.2) is 49.1 Å².